The molecule has 2 heteroatoms. The van der Waals surface area contributed by atoms with Gasteiger partial charge in [-0.3, -0.25) is 0 Å². The molecule has 0 saturated carbocycles. The Morgan fingerprint density at radius 1 is 0.909 bits per heavy atom. The Hall–Kier alpha value is -3.78. The fourth-order valence-electron chi connectivity index (χ4n) is 4.71. The lowest BCUT2D eigenvalue weighted by atomic mass is 9.96. The molecule has 0 heterocycles. The highest BCUT2D eigenvalue weighted by Crippen LogP contribution is 2.39. The number of allylic oxidation sites excluding steroid dienone is 3. The highest BCUT2D eigenvalue weighted by molar-refractivity contribution is 6.12. The van der Waals surface area contributed by atoms with Crippen LogP contribution in [0.3, 0.4) is 0 Å². The van der Waals surface area contributed by atoms with Crippen LogP contribution < -0.4 is 0 Å². The summed E-state index contributed by atoms with van der Waals surface area (Å²) in [6.07, 6.45) is 10.4. The van der Waals surface area contributed by atoms with Crippen LogP contribution in [0.4, 0.5) is 0 Å². The molecular formula is C31H28N2. The number of rotatable bonds is 4. The standard InChI is InChI=1S/C31H28N2/c1-21-11-9-15-25(19-21)22(2)32-31(24-12-5-4-6-13-24)33-23(3)28-18-10-16-27-20-26-14-7-8-17-29(26)30(27)28/h4-12,14-19,24H,2,13,20H2,1,3H3. The van der Waals surface area contributed by atoms with E-state index in [9.17, 15) is 0 Å². The molecule has 0 aliphatic heterocycles. The SMILES string of the molecule is C=C(N=C(N=C(C)c1cccc2c1-c1ccccc1C2)C1C=CC=CC1)c1cccc(C)c1. The Balaban J connectivity index is 1.57. The van der Waals surface area contributed by atoms with Crippen molar-refractivity contribution in [3.63, 3.8) is 0 Å². The summed E-state index contributed by atoms with van der Waals surface area (Å²) in [5.74, 6) is 0.944. The molecule has 2 nitrogen and oxygen atoms in total. The van der Waals surface area contributed by atoms with Gasteiger partial charge in [0.2, 0.25) is 0 Å². The van der Waals surface area contributed by atoms with E-state index in [1.165, 1.54) is 33.4 Å². The smallest absolute Gasteiger partial charge is 0.136 e. The summed E-state index contributed by atoms with van der Waals surface area (Å²) < 4.78 is 0. The summed E-state index contributed by atoms with van der Waals surface area (Å²) in [5.41, 5.74) is 10.5. The summed E-state index contributed by atoms with van der Waals surface area (Å²) in [7, 11) is 0. The molecule has 0 radical (unpaired) electrons. The van der Waals surface area contributed by atoms with E-state index in [0.29, 0.717) is 0 Å². The van der Waals surface area contributed by atoms with Crippen LogP contribution in [0.25, 0.3) is 16.8 Å². The number of hydrogen-bond acceptors (Lipinski definition) is 1. The molecule has 162 valence electrons. The summed E-state index contributed by atoms with van der Waals surface area (Å²) in [5, 5.41) is 0. The number of hydrogen-bond donors (Lipinski definition) is 0. The molecule has 3 aromatic rings. The molecule has 5 rings (SSSR count). The molecule has 2 aliphatic rings. The van der Waals surface area contributed by atoms with Crippen molar-refractivity contribution in [3.05, 3.63) is 125 Å². The van der Waals surface area contributed by atoms with Gasteiger partial charge in [-0.05, 0) is 60.6 Å². The summed E-state index contributed by atoms with van der Waals surface area (Å²) in [6, 6.07) is 23.6. The van der Waals surface area contributed by atoms with Crippen molar-refractivity contribution in [2.24, 2.45) is 15.9 Å². The summed E-state index contributed by atoms with van der Waals surface area (Å²) >= 11 is 0. The number of amidine groups is 1. The molecule has 0 spiro atoms. The molecule has 2 aliphatic carbocycles. The van der Waals surface area contributed by atoms with Crippen molar-refractivity contribution in [2.45, 2.75) is 26.7 Å². The number of aliphatic imine (C=N–C) groups is 2. The Bertz CT molecular complexity index is 1350. The van der Waals surface area contributed by atoms with E-state index in [2.05, 4.69) is 105 Å². The maximum atomic E-state index is 5.13. The quantitative estimate of drug-likeness (QED) is 0.236. The highest BCUT2D eigenvalue weighted by atomic mass is 14.9. The van der Waals surface area contributed by atoms with E-state index in [1.807, 2.05) is 6.07 Å². The third kappa shape index (κ3) is 4.29. The molecule has 0 amide bonds. The first kappa shape index (κ1) is 21.1. The van der Waals surface area contributed by atoms with Crippen molar-refractivity contribution >= 4 is 17.2 Å². The van der Waals surface area contributed by atoms with E-state index in [0.717, 1.165) is 35.6 Å². The number of aryl methyl sites for hydroxylation is 1. The van der Waals surface area contributed by atoms with Crippen LogP contribution in [0.5, 0.6) is 0 Å². The molecular weight excluding hydrogens is 400 g/mol. The lowest BCUT2D eigenvalue weighted by Crippen LogP contribution is -2.14. The van der Waals surface area contributed by atoms with Crippen molar-refractivity contribution in [3.8, 4) is 11.1 Å². The van der Waals surface area contributed by atoms with Gasteiger partial charge in [0.25, 0.3) is 0 Å². The van der Waals surface area contributed by atoms with E-state index in [4.69, 9.17) is 9.98 Å². The molecule has 0 saturated heterocycles. The largest absolute Gasteiger partial charge is 0.237 e. The van der Waals surface area contributed by atoms with Crippen molar-refractivity contribution < 1.29 is 0 Å². The Morgan fingerprint density at radius 2 is 1.73 bits per heavy atom. The monoisotopic (exact) mass is 428 g/mol. The van der Waals surface area contributed by atoms with Crippen molar-refractivity contribution in [1.29, 1.82) is 0 Å². The second-order valence-corrected chi connectivity index (χ2v) is 8.81. The minimum atomic E-state index is 0.135. The second-order valence-electron chi connectivity index (χ2n) is 8.81. The summed E-state index contributed by atoms with van der Waals surface area (Å²) in [4.78, 5) is 10.1. The van der Waals surface area contributed by atoms with Gasteiger partial charge in [-0.15, -0.1) is 0 Å². The zero-order chi connectivity index (χ0) is 22.8. The molecule has 3 aromatic carbocycles. The normalized spacial score (nSPS) is 17.1. The zero-order valence-corrected chi connectivity index (χ0v) is 19.3. The van der Waals surface area contributed by atoms with Gasteiger partial charge in [0.15, 0.2) is 0 Å². The maximum Gasteiger partial charge on any atom is 0.136 e. The van der Waals surface area contributed by atoms with Crippen LogP contribution in [0.1, 0.15) is 41.2 Å². The topological polar surface area (TPSA) is 24.7 Å². The van der Waals surface area contributed by atoms with Crippen LogP contribution in [0, 0.1) is 12.8 Å². The van der Waals surface area contributed by atoms with Gasteiger partial charge in [0.05, 0.1) is 5.70 Å². The molecule has 0 aromatic heterocycles. The van der Waals surface area contributed by atoms with E-state index in [1.54, 1.807) is 0 Å². The third-order valence-corrected chi connectivity index (χ3v) is 6.40. The molecule has 1 atom stereocenters. The lowest BCUT2D eigenvalue weighted by Gasteiger charge is -2.16. The predicted molar refractivity (Wildman–Crippen MR) is 141 cm³/mol. The average molecular weight is 429 g/mol. The third-order valence-electron chi connectivity index (χ3n) is 6.40. The predicted octanol–water partition coefficient (Wildman–Crippen LogP) is 7.58. The number of nitrogens with zero attached hydrogens (tertiary/aromatic N) is 2. The van der Waals surface area contributed by atoms with Gasteiger partial charge in [-0.25, -0.2) is 9.98 Å². The van der Waals surface area contributed by atoms with E-state index in [-0.39, 0.29) is 5.92 Å². The van der Waals surface area contributed by atoms with Crippen molar-refractivity contribution in [2.75, 3.05) is 0 Å². The van der Waals surface area contributed by atoms with Gasteiger partial charge in [-0.1, -0.05) is 97.1 Å². The summed E-state index contributed by atoms with van der Waals surface area (Å²) in [6.45, 7) is 8.46. The maximum absolute atomic E-state index is 5.13. The van der Waals surface area contributed by atoms with Crippen LogP contribution in [-0.4, -0.2) is 11.5 Å². The molecule has 1 unspecified atom stereocenters. The highest BCUT2D eigenvalue weighted by Gasteiger charge is 2.22. The first-order chi connectivity index (χ1) is 16.1. The van der Waals surface area contributed by atoms with Crippen LogP contribution in [0.15, 0.2) is 108 Å². The number of benzene rings is 3. The van der Waals surface area contributed by atoms with E-state index < -0.39 is 0 Å². The van der Waals surface area contributed by atoms with Gasteiger partial charge in [0, 0.05) is 17.2 Å². The molecule has 0 N–H and O–H groups in total. The van der Waals surface area contributed by atoms with Gasteiger partial charge >= 0.3 is 0 Å². The van der Waals surface area contributed by atoms with Crippen molar-refractivity contribution in [1.82, 2.24) is 0 Å². The molecule has 0 bridgehead atoms. The fraction of sp³-hybridized carbons (Fsp3) is 0.161. The van der Waals surface area contributed by atoms with Crippen LogP contribution in [-0.2, 0) is 6.42 Å². The number of fused-ring (bicyclic) bond motifs is 3. The van der Waals surface area contributed by atoms with Crippen LogP contribution in [0.2, 0.25) is 0 Å². The minimum absolute atomic E-state index is 0.135. The Morgan fingerprint density at radius 3 is 2.55 bits per heavy atom. The lowest BCUT2D eigenvalue weighted by molar-refractivity contribution is 0.859. The Kier molecular flexibility index (Phi) is 5.75. The zero-order valence-electron chi connectivity index (χ0n) is 19.3. The molecule has 33 heavy (non-hydrogen) atoms. The van der Waals surface area contributed by atoms with Gasteiger partial charge in [-0.2, -0.15) is 0 Å². The van der Waals surface area contributed by atoms with Gasteiger partial charge < -0.3 is 0 Å². The minimum Gasteiger partial charge on any atom is -0.237 e. The van der Waals surface area contributed by atoms with Crippen LogP contribution >= 0.6 is 0 Å². The second kappa shape index (κ2) is 8.99. The fourth-order valence-corrected chi connectivity index (χ4v) is 4.71. The first-order valence-electron chi connectivity index (χ1n) is 11.5. The Labute approximate surface area is 196 Å². The average Bonchev–Trinajstić information content (AvgIpc) is 3.23. The van der Waals surface area contributed by atoms with E-state index >= 15 is 0 Å². The van der Waals surface area contributed by atoms with Gasteiger partial charge in [0.1, 0.15) is 5.84 Å². The molecule has 0 fully saturated rings. The first-order valence-corrected chi connectivity index (χ1v) is 11.5.